The Bertz CT molecular complexity index is 574. The lowest BCUT2D eigenvalue weighted by Gasteiger charge is -2.22. The number of rotatable bonds is 8. The molecule has 0 radical (unpaired) electrons. The number of nitrogens with one attached hydrogen (secondary N) is 2. The van der Waals surface area contributed by atoms with Crippen molar-refractivity contribution in [3.8, 4) is 0 Å². The zero-order valence-corrected chi connectivity index (χ0v) is 13.9. The Hall–Kier alpha value is -1.92. The summed E-state index contributed by atoms with van der Waals surface area (Å²) >= 11 is 0. The Morgan fingerprint density at radius 1 is 1.08 bits per heavy atom. The number of unbranched alkanes of at least 4 members (excludes halogenated alkanes) is 3. The standard InChI is InChI=1S/C18H26N2O4/c21-16-7-5-6-13-12-14(10-11-15(13)16)19-17(22)8-3-1-2-4-9-18(23)20-24/h10-12,16,21,24H,1-9H2,(H,19,22)(H,20,23). The topological polar surface area (TPSA) is 98.7 Å². The lowest BCUT2D eigenvalue weighted by atomic mass is 9.89. The van der Waals surface area contributed by atoms with Crippen LogP contribution in [-0.4, -0.2) is 22.1 Å². The number of hydrogen-bond acceptors (Lipinski definition) is 4. The molecule has 0 saturated carbocycles. The van der Waals surface area contributed by atoms with Crippen molar-refractivity contribution in [3.05, 3.63) is 29.3 Å². The molecule has 6 nitrogen and oxygen atoms in total. The van der Waals surface area contributed by atoms with E-state index < -0.39 is 0 Å². The molecule has 1 unspecified atom stereocenters. The molecule has 132 valence electrons. The number of fused-ring (bicyclic) bond motifs is 1. The first-order chi connectivity index (χ1) is 11.6. The van der Waals surface area contributed by atoms with Crippen molar-refractivity contribution in [1.29, 1.82) is 0 Å². The zero-order chi connectivity index (χ0) is 17.4. The van der Waals surface area contributed by atoms with E-state index in [-0.39, 0.29) is 17.9 Å². The van der Waals surface area contributed by atoms with Crippen LogP contribution in [0.1, 0.15) is 68.6 Å². The maximum atomic E-state index is 12.0. The van der Waals surface area contributed by atoms with E-state index in [9.17, 15) is 14.7 Å². The van der Waals surface area contributed by atoms with Crippen LogP contribution in [0.5, 0.6) is 0 Å². The van der Waals surface area contributed by atoms with Gasteiger partial charge in [0.2, 0.25) is 11.8 Å². The number of aliphatic hydroxyl groups excluding tert-OH is 1. The molecule has 24 heavy (non-hydrogen) atoms. The summed E-state index contributed by atoms with van der Waals surface area (Å²) in [5.41, 5.74) is 4.49. The first-order valence-corrected chi connectivity index (χ1v) is 8.64. The van der Waals surface area contributed by atoms with E-state index in [1.54, 1.807) is 5.48 Å². The first-order valence-electron chi connectivity index (χ1n) is 8.64. The maximum absolute atomic E-state index is 12.0. The van der Waals surface area contributed by atoms with Crippen LogP contribution in [0.2, 0.25) is 0 Å². The highest BCUT2D eigenvalue weighted by molar-refractivity contribution is 5.90. The highest BCUT2D eigenvalue weighted by Crippen LogP contribution is 2.31. The van der Waals surface area contributed by atoms with Crippen LogP contribution in [0, 0.1) is 0 Å². The second-order valence-corrected chi connectivity index (χ2v) is 6.32. The molecule has 1 aliphatic carbocycles. The number of benzene rings is 1. The third kappa shape index (κ3) is 5.62. The monoisotopic (exact) mass is 334 g/mol. The molecule has 0 spiro atoms. The fraction of sp³-hybridized carbons (Fsp3) is 0.556. The normalized spacial score (nSPS) is 16.3. The first kappa shape index (κ1) is 18.4. The highest BCUT2D eigenvalue weighted by Gasteiger charge is 2.18. The van der Waals surface area contributed by atoms with Crippen LogP contribution in [0.25, 0.3) is 0 Å². The SMILES string of the molecule is O=C(CCCCCCC(=O)Nc1ccc2c(c1)CCCC2O)NO. The highest BCUT2D eigenvalue weighted by atomic mass is 16.5. The predicted octanol–water partition coefficient (Wildman–Crippen LogP) is 2.84. The van der Waals surface area contributed by atoms with Gasteiger partial charge in [-0.25, -0.2) is 5.48 Å². The molecule has 1 aliphatic rings. The van der Waals surface area contributed by atoms with E-state index in [1.165, 1.54) is 0 Å². The van der Waals surface area contributed by atoms with Gasteiger partial charge in [-0.05, 0) is 55.4 Å². The van der Waals surface area contributed by atoms with Crippen LogP contribution < -0.4 is 10.8 Å². The van der Waals surface area contributed by atoms with Crippen LogP contribution in [0.15, 0.2) is 18.2 Å². The number of aliphatic hydroxyl groups is 1. The molecule has 1 aromatic carbocycles. The predicted molar refractivity (Wildman–Crippen MR) is 90.6 cm³/mol. The van der Waals surface area contributed by atoms with Gasteiger partial charge in [-0.2, -0.15) is 0 Å². The number of anilines is 1. The van der Waals surface area contributed by atoms with Crippen molar-refractivity contribution in [2.45, 2.75) is 63.9 Å². The second-order valence-electron chi connectivity index (χ2n) is 6.32. The molecule has 0 aromatic heterocycles. The van der Waals surface area contributed by atoms with Gasteiger partial charge in [0.05, 0.1) is 6.10 Å². The molecule has 4 N–H and O–H groups in total. The van der Waals surface area contributed by atoms with E-state index in [0.29, 0.717) is 19.3 Å². The van der Waals surface area contributed by atoms with Crippen molar-refractivity contribution in [2.75, 3.05) is 5.32 Å². The number of amides is 2. The van der Waals surface area contributed by atoms with E-state index in [0.717, 1.165) is 55.3 Å². The Labute approximate surface area is 142 Å². The molecule has 0 heterocycles. The van der Waals surface area contributed by atoms with Crippen molar-refractivity contribution < 1.29 is 19.9 Å². The maximum Gasteiger partial charge on any atom is 0.243 e. The smallest absolute Gasteiger partial charge is 0.243 e. The molecular weight excluding hydrogens is 308 g/mol. The van der Waals surface area contributed by atoms with Crippen molar-refractivity contribution in [1.82, 2.24) is 5.48 Å². The van der Waals surface area contributed by atoms with Crippen LogP contribution in [0.4, 0.5) is 5.69 Å². The lowest BCUT2D eigenvalue weighted by Crippen LogP contribution is -2.17. The fourth-order valence-electron chi connectivity index (χ4n) is 3.07. The van der Waals surface area contributed by atoms with Crippen LogP contribution in [0.3, 0.4) is 0 Å². The van der Waals surface area contributed by atoms with Gasteiger partial charge in [-0.3, -0.25) is 14.8 Å². The van der Waals surface area contributed by atoms with Gasteiger partial charge in [0.25, 0.3) is 0 Å². The van der Waals surface area contributed by atoms with E-state index in [1.807, 2.05) is 18.2 Å². The molecule has 0 bridgehead atoms. The van der Waals surface area contributed by atoms with Gasteiger partial charge >= 0.3 is 0 Å². The van der Waals surface area contributed by atoms with E-state index in [4.69, 9.17) is 5.21 Å². The molecule has 6 heteroatoms. The Morgan fingerprint density at radius 3 is 2.50 bits per heavy atom. The van der Waals surface area contributed by atoms with Crippen LogP contribution in [-0.2, 0) is 16.0 Å². The number of hydrogen-bond donors (Lipinski definition) is 4. The molecule has 1 atom stereocenters. The minimum Gasteiger partial charge on any atom is -0.388 e. The zero-order valence-electron chi connectivity index (χ0n) is 13.9. The third-order valence-corrected chi connectivity index (χ3v) is 4.39. The summed E-state index contributed by atoms with van der Waals surface area (Å²) in [5.74, 6) is -0.385. The van der Waals surface area contributed by atoms with Crippen LogP contribution >= 0.6 is 0 Å². The van der Waals surface area contributed by atoms with Gasteiger partial charge in [-0.15, -0.1) is 0 Å². The minimum absolute atomic E-state index is 0.0144. The number of carbonyl (C=O) groups is 2. The molecule has 0 fully saturated rings. The van der Waals surface area contributed by atoms with Gasteiger partial charge < -0.3 is 10.4 Å². The summed E-state index contributed by atoms with van der Waals surface area (Å²) in [4.78, 5) is 22.8. The quantitative estimate of drug-likeness (QED) is 0.334. The molecule has 2 amide bonds. The summed E-state index contributed by atoms with van der Waals surface area (Å²) in [7, 11) is 0. The summed E-state index contributed by atoms with van der Waals surface area (Å²) in [5, 5.41) is 21.2. The molecule has 2 rings (SSSR count). The molecule has 1 aromatic rings. The van der Waals surface area contributed by atoms with Gasteiger partial charge in [-0.1, -0.05) is 18.9 Å². The number of hydroxylamine groups is 1. The summed E-state index contributed by atoms with van der Waals surface area (Å²) in [6.07, 6.45) is 6.31. The van der Waals surface area contributed by atoms with Crippen molar-refractivity contribution >= 4 is 17.5 Å². The summed E-state index contributed by atoms with van der Waals surface area (Å²) in [6, 6.07) is 5.71. The second kappa shape index (κ2) is 9.39. The Balaban J connectivity index is 1.68. The lowest BCUT2D eigenvalue weighted by molar-refractivity contribution is -0.129. The molecule has 0 saturated heterocycles. The van der Waals surface area contributed by atoms with Gasteiger partial charge in [0, 0.05) is 18.5 Å². The number of aryl methyl sites for hydroxylation is 1. The molecule has 0 aliphatic heterocycles. The largest absolute Gasteiger partial charge is 0.388 e. The minimum atomic E-state index is -0.383. The average Bonchev–Trinajstić information content (AvgIpc) is 2.57. The Kier molecular flexibility index (Phi) is 7.21. The summed E-state index contributed by atoms with van der Waals surface area (Å²) < 4.78 is 0. The molecular formula is C18H26N2O4. The van der Waals surface area contributed by atoms with Gasteiger partial charge in [0.15, 0.2) is 0 Å². The van der Waals surface area contributed by atoms with E-state index in [2.05, 4.69) is 5.32 Å². The third-order valence-electron chi connectivity index (χ3n) is 4.39. The summed E-state index contributed by atoms with van der Waals surface area (Å²) in [6.45, 7) is 0. The van der Waals surface area contributed by atoms with Crippen molar-refractivity contribution in [2.24, 2.45) is 0 Å². The van der Waals surface area contributed by atoms with Crippen molar-refractivity contribution in [3.63, 3.8) is 0 Å². The van der Waals surface area contributed by atoms with Gasteiger partial charge in [0.1, 0.15) is 0 Å². The number of carbonyl (C=O) groups excluding carboxylic acids is 2. The van der Waals surface area contributed by atoms with E-state index >= 15 is 0 Å². The Morgan fingerprint density at radius 2 is 1.79 bits per heavy atom. The average molecular weight is 334 g/mol. The fourth-order valence-corrected chi connectivity index (χ4v) is 3.07.